The quantitative estimate of drug-likeness (QED) is 0.0898. The van der Waals surface area contributed by atoms with Gasteiger partial charge in [0.1, 0.15) is 23.0 Å². The monoisotopic (exact) mass is 977 g/mol. The molecule has 0 saturated heterocycles. The highest BCUT2D eigenvalue weighted by atomic mass is 16.5. The molecule has 1 aliphatic carbocycles. The van der Waals surface area contributed by atoms with Gasteiger partial charge in [-0.05, 0) is 113 Å². The van der Waals surface area contributed by atoms with Crippen molar-refractivity contribution in [3.05, 3.63) is 175 Å². The Kier molecular flexibility index (Phi) is 17.0. The number of benzene rings is 4. The summed E-state index contributed by atoms with van der Waals surface area (Å²) in [5.74, 6) is 0.777. The zero-order valence-corrected chi connectivity index (χ0v) is 44.8. The number of aliphatic hydroxyl groups is 1. The summed E-state index contributed by atoms with van der Waals surface area (Å²) in [6, 6.07) is 28.0. The third-order valence-electron chi connectivity index (χ3n) is 13.1. The number of ether oxygens (including phenoxy) is 2. The number of pyridine rings is 2. The number of carbonyl (C=O) groups excluding carboxylic acids is 2. The molecule has 72 heavy (non-hydrogen) atoms. The number of phenolic OH excluding ortho intramolecular Hbond substituents is 2. The van der Waals surface area contributed by atoms with E-state index in [1.165, 1.54) is 0 Å². The molecule has 5 N–H and O–H groups in total. The van der Waals surface area contributed by atoms with Crippen LogP contribution in [0.25, 0.3) is 0 Å². The molecule has 0 atom stereocenters. The van der Waals surface area contributed by atoms with Gasteiger partial charge >= 0.3 is 0 Å². The molecule has 11 nitrogen and oxygen atoms in total. The van der Waals surface area contributed by atoms with Gasteiger partial charge in [0.25, 0.3) is 11.8 Å². The lowest BCUT2D eigenvalue weighted by Crippen LogP contribution is -2.29. The Bertz CT molecular complexity index is 2570. The van der Waals surface area contributed by atoms with Crippen molar-refractivity contribution in [1.82, 2.24) is 20.6 Å². The minimum atomic E-state index is -0.302. The normalized spacial score (nSPS) is 12.8. The molecule has 6 aromatic rings. The summed E-state index contributed by atoms with van der Waals surface area (Å²) in [7, 11) is 1.00. The molecule has 0 saturated carbocycles. The number of amides is 2. The molecule has 2 heterocycles. The number of hydrogen-bond acceptors (Lipinski definition) is 9. The van der Waals surface area contributed by atoms with Crippen molar-refractivity contribution < 1.29 is 34.4 Å². The minimum Gasteiger partial charge on any atom is -0.507 e. The van der Waals surface area contributed by atoms with Crippen LogP contribution in [-0.2, 0) is 70.0 Å². The molecule has 2 aromatic heterocycles. The summed E-state index contributed by atoms with van der Waals surface area (Å²) in [5, 5.41) is 38.2. The van der Waals surface area contributed by atoms with Crippen molar-refractivity contribution in [2.24, 2.45) is 0 Å². The average Bonchev–Trinajstić information content (AvgIpc) is 3.31. The Morgan fingerprint density at radius 1 is 0.458 bits per heavy atom. The molecular weight excluding hydrogens is 901 g/mol. The number of carbonyl (C=O) groups is 2. The van der Waals surface area contributed by atoms with Crippen LogP contribution in [0.15, 0.2) is 97.3 Å². The van der Waals surface area contributed by atoms with Crippen molar-refractivity contribution >= 4 is 11.8 Å². The number of aromatic hydroxyl groups is 2. The Hall–Kier alpha value is -6.72. The van der Waals surface area contributed by atoms with Gasteiger partial charge in [0.05, 0.1) is 24.5 Å². The van der Waals surface area contributed by atoms with Crippen molar-refractivity contribution in [3.8, 4) is 23.0 Å². The number of aromatic nitrogens is 2. The van der Waals surface area contributed by atoms with Crippen LogP contribution in [0.4, 0.5) is 0 Å². The van der Waals surface area contributed by atoms with Gasteiger partial charge in [-0.1, -0.05) is 144 Å². The predicted molar refractivity (Wildman–Crippen MR) is 286 cm³/mol. The highest BCUT2D eigenvalue weighted by Crippen LogP contribution is 2.44. The SMILES string of the molecule is CC(C)(C)c1cc2c(O)c(c1)Cc1cc(C(C)(C)C)cc(c1OCC(=O)NCc1ccccn1)Cc1cc(C(C)(C)C)cc(c1O)Cc1cc(C(C)(C)C)cc(c1OCC(=O)NCc1ccccn1)C2.CO. The standard InChI is InChI=1S/C60H72N4O6.CH4O/c1-57(2,3)45-25-37-21-41-29-47(59(7,8)9)31-43(55(41)69-35-51(65)63-33-49-17-13-15-19-61-49)23-39-27-46(58(4,5)6)28-40(54(39)68)24-44-32-48(60(10,11)12)30-42(22-38(26-45)53(37)67)56(44)70-36-52(66)64-34-50-18-14-16-20-62-50;1-2/h13-20,25-32,67-68H,21-24,33-36H2,1-12H3,(H,63,65)(H,64,66);2H,1H3. The van der Waals surface area contributed by atoms with Crippen molar-refractivity contribution in [2.75, 3.05) is 20.3 Å². The van der Waals surface area contributed by atoms with E-state index in [0.717, 1.165) is 63.0 Å². The molecule has 8 bridgehead atoms. The van der Waals surface area contributed by atoms with E-state index in [1.807, 2.05) is 36.4 Å². The Balaban J connectivity index is 0.00000418. The topological polar surface area (TPSA) is 163 Å². The van der Waals surface area contributed by atoms with E-state index < -0.39 is 0 Å². The fourth-order valence-corrected chi connectivity index (χ4v) is 8.78. The smallest absolute Gasteiger partial charge is 0.258 e. The molecule has 2 amide bonds. The summed E-state index contributed by atoms with van der Waals surface area (Å²) < 4.78 is 13.4. The highest BCUT2D eigenvalue weighted by Gasteiger charge is 2.29. The molecule has 0 spiro atoms. The number of aliphatic hydroxyl groups excluding tert-OH is 1. The van der Waals surface area contributed by atoms with E-state index in [0.29, 0.717) is 33.8 Å². The summed E-state index contributed by atoms with van der Waals surface area (Å²) in [6.07, 6.45) is 4.55. The molecule has 11 heteroatoms. The fraction of sp³-hybridized carbons (Fsp3) is 0.410. The third-order valence-corrected chi connectivity index (χ3v) is 13.1. The first kappa shape index (κ1) is 54.6. The number of nitrogens with zero attached hydrogens (tertiary/aromatic N) is 2. The summed E-state index contributed by atoms with van der Waals surface area (Å²) >= 11 is 0. The molecule has 7 rings (SSSR count). The molecule has 0 unspecified atom stereocenters. The number of fused-ring (bicyclic) bond motifs is 8. The molecule has 4 aromatic carbocycles. The maximum absolute atomic E-state index is 13.6. The van der Waals surface area contributed by atoms with Gasteiger partial charge in [-0.3, -0.25) is 19.6 Å². The van der Waals surface area contributed by atoms with Gasteiger partial charge in [0, 0.05) is 45.2 Å². The summed E-state index contributed by atoms with van der Waals surface area (Å²) in [5.41, 5.74) is 10.6. The first-order valence-electron chi connectivity index (χ1n) is 24.9. The lowest BCUT2D eigenvalue weighted by Gasteiger charge is -2.28. The van der Waals surface area contributed by atoms with E-state index in [4.69, 9.17) is 14.6 Å². The van der Waals surface area contributed by atoms with Crippen LogP contribution in [0.3, 0.4) is 0 Å². The van der Waals surface area contributed by atoms with Crippen LogP contribution in [0, 0.1) is 0 Å². The largest absolute Gasteiger partial charge is 0.507 e. The van der Waals surface area contributed by atoms with Crippen molar-refractivity contribution in [1.29, 1.82) is 0 Å². The summed E-state index contributed by atoms with van der Waals surface area (Å²) in [4.78, 5) is 35.9. The van der Waals surface area contributed by atoms with Crippen LogP contribution < -0.4 is 20.1 Å². The molecule has 0 fully saturated rings. The van der Waals surface area contributed by atoms with Crippen LogP contribution >= 0.6 is 0 Å². The van der Waals surface area contributed by atoms with Crippen LogP contribution in [0.1, 0.15) is 161 Å². The van der Waals surface area contributed by atoms with Crippen LogP contribution in [0.5, 0.6) is 23.0 Å². The third kappa shape index (κ3) is 13.8. The molecule has 382 valence electrons. The van der Waals surface area contributed by atoms with E-state index in [9.17, 15) is 19.8 Å². The number of phenols is 2. The minimum absolute atomic E-state index is 0.154. The summed E-state index contributed by atoms with van der Waals surface area (Å²) in [6.45, 7) is 26.0. The molecule has 0 radical (unpaired) electrons. The van der Waals surface area contributed by atoms with Crippen molar-refractivity contribution in [3.63, 3.8) is 0 Å². The van der Waals surface area contributed by atoms with E-state index in [2.05, 4.69) is 152 Å². The van der Waals surface area contributed by atoms with Gasteiger partial charge in [0.15, 0.2) is 13.2 Å². The lowest BCUT2D eigenvalue weighted by atomic mass is 9.79. The maximum Gasteiger partial charge on any atom is 0.258 e. The number of nitrogens with one attached hydrogen (secondary N) is 2. The van der Waals surface area contributed by atoms with Gasteiger partial charge in [-0.2, -0.15) is 0 Å². The van der Waals surface area contributed by atoms with Gasteiger partial charge < -0.3 is 35.4 Å². The second-order valence-corrected chi connectivity index (χ2v) is 23.0. The average molecular weight is 977 g/mol. The number of rotatable bonds is 10. The molecular formula is C61H76N4O7. The Labute approximate surface area is 427 Å². The Morgan fingerprint density at radius 2 is 0.722 bits per heavy atom. The van der Waals surface area contributed by atoms with Crippen molar-refractivity contribution in [2.45, 2.75) is 144 Å². The first-order chi connectivity index (χ1) is 33.8. The second kappa shape index (κ2) is 22.4. The fourth-order valence-electron chi connectivity index (χ4n) is 8.78. The van der Waals surface area contributed by atoms with Gasteiger partial charge in [-0.25, -0.2) is 0 Å². The maximum atomic E-state index is 13.6. The lowest BCUT2D eigenvalue weighted by molar-refractivity contribution is -0.124. The second-order valence-electron chi connectivity index (χ2n) is 23.0. The highest BCUT2D eigenvalue weighted by molar-refractivity contribution is 5.78. The Morgan fingerprint density at radius 3 is 0.958 bits per heavy atom. The molecule has 0 aliphatic heterocycles. The van der Waals surface area contributed by atoms with Crippen LogP contribution in [-0.4, -0.2) is 57.4 Å². The van der Waals surface area contributed by atoms with E-state index >= 15 is 0 Å². The zero-order valence-electron chi connectivity index (χ0n) is 44.8. The predicted octanol–water partition coefficient (Wildman–Crippen LogP) is 10.8. The number of hydrogen-bond donors (Lipinski definition) is 5. The van der Waals surface area contributed by atoms with E-state index in [1.54, 1.807) is 12.4 Å². The van der Waals surface area contributed by atoms with Gasteiger partial charge in [0.2, 0.25) is 0 Å². The molecule has 1 aliphatic rings. The zero-order chi connectivity index (χ0) is 52.8. The first-order valence-corrected chi connectivity index (χ1v) is 24.9. The van der Waals surface area contributed by atoms with E-state index in [-0.39, 0.29) is 97.0 Å². The van der Waals surface area contributed by atoms with Gasteiger partial charge in [-0.15, -0.1) is 0 Å². The van der Waals surface area contributed by atoms with Crippen LogP contribution in [0.2, 0.25) is 0 Å².